The Hall–Kier alpha value is -3.69. The molecule has 0 radical (unpaired) electrons. The molecule has 1 aromatic heterocycles. The second kappa shape index (κ2) is 11.6. The third-order valence-corrected chi connectivity index (χ3v) is 6.82. The Kier molecular flexibility index (Phi) is 8.25. The molecule has 4 rings (SSSR count). The van der Waals surface area contributed by atoms with Crippen LogP contribution in [0.15, 0.2) is 75.0 Å². The second-order valence-corrected chi connectivity index (χ2v) is 8.99. The van der Waals surface area contributed by atoms with Crippen LogP contribution in [0, 0.1) is 0 Å². The van der Waals surface area contributed by atoms with E-state index in [0.29, 0.717) is 39.1 Å². The molecule has 0 saturated carbocycles. The van der Waals surface area contributed by atoms with Crippen molar-refractivity contribution < 1.29 is 19.0 Å². The Labute approximate surface area is 226 Å². The third kappa shape index (κ3) is 5.52. The van der Waals surface area contributed by atoms with Crippen molar-refractivity contribution in [3.8, 4) is 22.9 Å². The van der Waals surface area contributed by atoms with Crippen molar-refractivity contribution in [3.63, 3.8) is 0 Å². The van der Waals surface area contributed by atoms with E-state index in [4.69, 9.17) is 30.8 Å². The topological polar surface area (TPSA) is 92.0 Å². The summed E-state index contributed by atoms with van der Waals surface area (Å²) in [5, 5.41) is 5.11. The van der Waals surface area contributed by atoms with Crippen molar-refractivity contribution in [2.24, 2.45) is 5.10 Å². The summed E-state index contributed by atoms with van der Waals surface area (Å²) in [5.41, 5.74) is 1.50. The van der Waals surface area contributed by atoms with Gasteiger partial charge in [0.2, 0.25) is 0 Å². The van der Waals surface area contributed by atoms with Gasteiger partial charge in [-0.25, -0.2) is 9.78 Å². The van der Waals surface area contributed by atoms with Gasteiger partial charge in [-0.05, 0) is 48.0 Å². The average Bonchev–Trinajstić information content (AvgIpc) is 2.92. The highest BCUT2D eigenvalue weighted by molar-refractivity contribution is 9.10. The Morgan fingerprint density at radius 1 is 1.19 bits per heavy atom. The van der Waals surface area contributed by atoms with Crippen molar-refractivity contribution >= 4 is 50.6 Å². The maximum Gasteiger partial charge on any atom is 0.346 e. The fourth-order valence-electron chi connectivity index (χ4n) is 3.59. The van der Waals surface area contributed by atoms with Crippen LogP contribution < -0.4 is 15.0 Å². The predicted octanol–water partition coefficient (Wildman–Crippen LogP) is 5.70. The average molecular weight is 585 g/mol. The first kappa shape index (κ1) is 26.4. The molecule has 0 spiro atoms. The van der Waals surface area contributed by atoms with E-state index >= 15 is 0 Å². The van der Waals surface area contributed by atoms with Gasteiger partial charge in [0.25, 0.3) is 5.56 Å². The molecule has 8 nitrogen and oxygen atoms in total. The first-order valence-corrected chi connectivity index (χ1v) is 12.5. The van der Waals surface area contributed by atoms with Gasteiger partial charge in [-0.15, -0.1) is 0 Å². The minimum absolute atomic E-state index is 0.176. The van der Waals surface area contributed by atoms with Gasteiger partial charge >= 0.3 is 5.97 Å². The highest BCUT2D eigenvalue weighted by Crippen LogP contribution is 2.43. The van der Waals surface area contributed by atoms with Crippen molar-refractivity contribution in [2.75, 3.05) is 13.7 Å². The standard InChI is InChI=1S/C27H23BrClN3O5/c1-4-36-21-14-18(22(28)23(29)24(21)37-16(2)27(34)35-3)15-30-32-25(17-10-6-5-7-11-17)31-20-13-9-8-12-19(20)26(32)33/h5-16H,4H2,1-3H3/t16-/m0/s1. The number of rotatable bonds is 8. The molecule has 0 saturated heterocycles. The number of carbonyl (C=O) groups excluding carboxylic acids is 1. The molecule has 0 unspecified atom stereocenters. The minimum atomic E-state index is -0.913. The molecule has 37 heavy (non-hydrogen) atoms. The smallest absolute Gasteiger partial charge is 0.346 e. The molecule has 1 heterocycles. The third-order valence-electron chi connectivity index (χ3n) is 5.38. The molecule has 0 amide bonds. The SMILES string of the molecule is CCOc1cc(C=Nn2c(-c3ccccc3)nc3ccccc3c2=O)c(Br)c(Cl)c1O[C@@H](C)C(=O)OC. The van der Waals surface area contributed by atoms with E-state index in [1.54, 1.807) is 31.2 Å². The van der Waals surface area contributed by atoms with Crippen molar-refractivity contribution in [3.05, 3.63) is 86.1 Å². The highest BCUT2D eigenvalue weighted by Gasteiger charge is 2.23. The van der Waals surface area contributed by atoms with Crippen LogP contribution in [0.4, 0.5) is 0 Å². The second-order valence-electron chi connectivity index (χ2n) is 7.82. The lowest BCUT2D eigenvalue weighted by Crippen LogP contribution is -2.25. The number of carbonyl (C=O) groups is 1. The number of para-hydroxylation sites is 1. The maximum atomic E-state index is 13.4. The van der Waals surface area contributed by atoms with E-state index in [-0.39, 0.29) is 16.3 Å². The molecule has 3 aromatic carbocycles. The Balaban J connectivity index is 1.84. The van der Waals surface area contributed by atoms with Gasteiger partial charge in [-0.1, -0.05) is 54.1 Å². The number of halogens is 2. The zero-order chi connectivity index (χ0) is 26.5. The number of benzene rings is 3. The van der Waals surface area contributed by atoms with Crippen LogP contribution in [0.25, 0.3) is 22.3 Å². The van der Waals surface area contributed by atoms with Gasteiger partial charge in [0.15, 0.2) is 23.4 Å². The lowest BCUT2D eigenvalue weighted by atomic mass is 10.2. The minimum Gasteiger partial charge on any atom is -0.490 e. The molecule has 0 aliphatic carbocycles. The van der Waals surface area contributed by atoms with E-state index in [1.165, 1.54) is 18.0 Å². The molecule has 0 N–H and O–H groups in total. The van der Waals surface area contributed by atoms with Gasteiger partial charge in [0.05, 0.1) is 30.8 Å². The number of hydrogen-bond acceptors (Lipinski definition) is 7. The fraction of sp³-hybridized carbons (Fsp3) is 0.185. The van der Waals surface area contributed by atoms with Crippen molar-refractivity contribution in [2.45, 2.75) is 20.0 Å². The summed E-state index contributed by atoms with van der Waals surface area (Å²) in [7, 11) is 1.27. The molecule has 4 aromatic rings. The zero-order valence-electron chi connectivity index (χ0n) is 20.3. The lowest BCUT2D eigenvalue weighted by Gasteiger charge is -2.19. The molecule has 0 aliphatic rings. The Bertz CT molecular complexity index is 1540. The summed E-state index contributed by atoms with van der Waals surface area (Å²) < 4.78 is 17.9. The quantitative estimate of drug-likeness (QED) is 0.195. The Morgan fingerprint density at radius 3 is 2.59 bits per heavy atom. The largest absolute Gasteiger partial charge is 0.490 e. The number of hydrogen-bond donors (Lipinski definition) is 0. The summed E-state index contributed by atoms with van der Waals surface area (Å²) in [6.45, 7) is 3.68. The molecular weight excluding hydrogens is 562 g/mol. The molecular formula is C27H23BrClN3O5. The van der Waals surface area contributed by atoms with Crippen LogP contribution in [-0.2, 0) is 9.53 Å². The van der Waals surface area contributed by atoms with E-state index in [0.717, 1.165) is 5.56 Å². The van der Waals surface area contributed by atoms with E-state index in [9.17, 15) is 9.59 Å². The normalized spacial score (nSPS) is 12.0. The number of methoxy groups -OCH3 is 1. The molecule has 0 bridgehead atoms. The molecule has 190 valence electrons. The predicted molar refractivity (Wildman–Crippen MR) is 147 cm³/mol. The summed E-state index contributed by atoms with van der Waals surface area (Å²) in [5.74, 6) is 0.316. The van der Waals surface area contributed by atoms with Crippen LogP contribution in [-0.4, -0.2) is 41.7 Å². The Morgan fingerprint density at radius 2 is 1.89 bits per heavy atom. The van der Waals surface area contributed by atoms with Gasteiger partial charge in [0, 0.05) is 15.6 Å². The van der Waals surface area contributed by atoms with Crippen molar-refractivity contribution in [1.29, 1.82) is 0 Å². The van der Waals surface area contributed by atoms with Crippen LogP contribution in [0.2, 0.25) is 5.02 Å². The first-order valence-electron chi connectivity index (χ1n) is 11.4. The number of aromatic nitrogens is 2. The van der Waals surface area contributed by atoms with Gasteiger partial charge in [0.1, 0.15) is 5.02 Å². The van der Waals surface area contributed by atoms with E-state index in [1.807, 2.05) is 43.3 Å². The molecule has 1 atom stereocenters. The van der Waals surface area contributed by atoms with Crippen LogP contribution in [0.5, 0.6) is 11.5 Å². The number of fused-ring (bicyclic) bond motifs is 1. The summed E-state index contributed by atoms with van der Waals surface area (Å²) in [6.07, 6.45) is 0.569. The van der Waals surface area contributed by atoms with E-state index < -0.39 is 12.1 Å². The first-order chi connectivity index (χ1) is 17.8. The van der Waals surface area contributed by atoms with Gasteiger partial charge in [-0.2, -0.15) is 9.78 Å². The monoisotopic (exact) mass is 583 g/mol. The number of nitrogens with zero attached hydrogens (tertiary/aromatic N) is 3. The summed E-state index contributed by atoms with van der Waals surface area (Å²) in [6, 6.07) is 18.1. The zero-order valence-corrected chi connectivity index (χ0v) is 22.6. The molecule has 0 fully saturated rings. The van der Waals surface area contributed by atoms with Crippen LogP contribution in [0.3, 0.4) is 0 Å². The number of ether oxygens (including phenoxy) is 3. The van der Waals surface area contributed by atoms with E-state index in [2.05, 4.69) is 21.0 Å². The van der Waals surface area contributed by atoms with Gasteiger partial charge < -0.3 is 14.2 Å². The van der Waals surface area contributed by atoms with Crippen molar-refractivity contribution in [1.82, 2.24) is 9.66 Å². The van der Waals surface area contributed by atoms with Crippen LogP contribution >= 0.6 is 27.5 Å². The fourth-order valence-corrected chi connectivity index (χ4v) is 4.23. The molecule has 10 heteroatoms. The molecule has 0 aliphatic heterocycles. The summed E-state index contributed by atoms with van der Waals surface area (Å²) >= 11 is 10.1. The summed E-state index contributed by atoms with van der Waals surface area (Å²) in [4.78, 5) is 30.0. The van der Waals surface area contributed by atoms with Gasteiger partial charge in [-0.3, -0.25) is 4.79 Å². The highest BCUT2D eigenvalue weighted by atomic mass is 79.9. The van der Waals surface area contributed by atoms with Crippen LogP contribution in [0.1, 0.15) is 19.4 Å². The number of esters is 1. The maximum absolute atomic E-state index is 13.4. The lowest BCUT2D eigenvalue weighted by molar-refractivity contribution is -0.147.